The first kappa shape index (κ1) is 14.8. The number of nitrogens with one attached hydrogen (secondary N) is 1. The van der Waals surface area contributed by atoms with Crippen LogP contribution in [0, 0.1) is 6.92 Å². The van der Waals surface area contributed by atoms with Crippen LogP contribution < -0.4 is 5.32 Å². The fourth-order valence-electron chi connectivity index (χ4n) is 1.43. The summed E-state index contributed by atoms with van der Waals surface area (Å²) < 4.78 is 5.41. The van der Waals surface area contributed by atoms with E-state index in [1.54, 1.807) is 6.92 Å². The number of carbonyl (C=O) groups is 1. The highest BCUT2D eigenvalue weighted by atomic mass is 32.2. The van der Waals surface area contributed by atoms with Crippen LogP contribution in [0.4, 0.5) is 10.8 Å². The van der Waals surface area contributed by atoms with Gasteiger partial charge in [0.1, 0.15) is 5.25 Å². The molecule has 0 aliphatic heterocycles. The molecule has 1 atom stereocenters. The number of aryl methyl sites for hydroxylation is 1. The summed E-state index contributed by atoms with van der Waals surface area (Å²) >= 11 is 2.75. The number of carbonyl (C=O) groups excluding carboxylic acids is 1. The molecule has 0 spiro atoms. The Bertz CT molecular complexity index is 584. The maximum atomic E-state index is 11.3. The highest BCUT2D eigenvalue weighted by Gasteiger charge is 2.17. The molecule has 0 unspecified atom stereocenters. The number of esters is 1. The molecule has 1 N–H and O–H groups in total. The molecular formula is C13H15N3O2S2. The lowest BCUT2D eigenvalue weighted by Crippen LogP contribution is -2.14. The Morgan fingerprint density at radius 2 is 2.05 bits per heavy atom. The molecule has 5 nitrogen and oxygen atoms in total. The number of anilines is 2. The predicted octanol–water partition coefficient (Wildman–Crippen LogP) is 3.24. The normalized spacial score (nSPS) is 11.9. The number of ether oxygens (including phenoxy) is 1. The van der Waals surface area contributed by atoms with Crippen molar-refractivity contribution in [3.8, 4) is 0 Å². The van der Waals surface area contributed by atoms with Gasteiger partial charge in [-0.15, -0.1) is 10.2 Å². The van der Waals surface area contributed by atoms with Gasteiger partial charge in [0.15, 0.2) is 4.34 Å². The third-order valence-electron chi connectivity index (χ3n) is 2.52. The Hall–Kier alpha value is -1.60. The van der Waals surface area contributed by atoms with Crippen molar-refractivity contribution in [2.75, 3.05) is 12.4 Å². The van der Waals surface area contributed by atoms with Crippen LogP contribution in [-0.4, -0.2) is 28.5 Å². The van der Waals surface area contributed by atoms with E-state index in [1.165, 1.54) is 35.8 Å². The van der Waals surface area contributed by atoms with Crippen molar-refractivity contribution in [1.82, 2.24) is 10.2 Å². The van der Waals surface area contributed by atoms with Crippen molar-refractivity contribution in [2.24, 2.45) is 0 Å². The number of aromatic nitrogens is 2. The highest BCUT2D eigenvalue weighted by molar-refractivity contribution is 8.02. The van der Waals surface area contributed by atoms with E-state index in [4.69, 9.17) is 0 Å². The fourth-order valence-corrected chi connectivity index (χ4v) is 3.38. The molecule has 0 aliphatic carbocycles. The summed E-state index contributed by atoms with van der Waals surface area (Å²) in [6.07, 6.45) is 0. The van der Waals surface area contributed by atoms with Gasteiger partial charge in [0, 0.05) is 5.69 Å². The molecule has 2 rings (SSSR count). The van der Waals surface area contributed by atoms with Crippen LogP contribution in [0.2, 0.25) is 0 Å². The monoisotopic (exact) mass is 309 g/mol. The first-order valence-electron chi connectivity index (χ1n) is 6.00. The van der Waals surface area contributed by atoms with Crippen molar-refractivity contribution in [3.63, 3.8) is 0 Å². The third-order valence-corrected chi connectivity index (χ3v) is 4.52. The van der Waals surface area contributed by atoms with E-state index >= 15 is 0 Å². The summed E-state index contributed by atoms with van der Waals surface area (Å²) in [4.78, 5) is 11.3. The van der Waals surface area contributed by atoms with Gasteiger partial charge in [0.25, 0.3) is 0 Å². The highest BCUT2D eigenvalue weighted by Crippen LogP contribution is 2.30. The van der Waals surface area contributed by atoms with Gasteiger partial charge >= 0.3 is 5.97 Å². The van der Waals surface area contributed by atoms with Gasteiger partial charge in [-0.05, 0) is 26.0 Å². The zero-order valence-corrected chi connectivity index (χ0v) is 13.0. The largest absolute Gasteiger partial charge is 0.468 e. The second-order valence-electron chi connectivity index (χ2n) is 4.15. The van der Waals surface area contributed by atoms with Gasteiger partial charge in [-0.25, -0.2) is 0 Å². The van der Waals surface area contributed by atoms with E-state index in [1.807, 2.05) is 31.2 Å². The first-order valence-corrected chi connectivity index (χ1v) is 7.70. The van der Waals surface area contributed by atoms with Crippen molar-refractivity contribution in [1.29, 1.82) is 0 Å². The molecule has 0 amide bonds. The van der Waals surface area contributed by atoms with Crippen LogP contribution in [0.1, 0.15) is 12.5 Å². The number of hydrogen-bond donors (Lipinski definition) is 1. The summed E-state index contributed by atoms with van der Waals surface area (Å²) in [6, 6.07) is 8.03. The van der Waals surface area contributed by atoms with Crippen molar-refractivity contribution < 1.29 is 9.53 Å². The minimum Gasteiger partial charge on any atom is -0.468 e. The van der Waals surface area contributed by atoms with Crippen LogP contribution in [-0.2, 0) is 9.53 Å². The number of nitrogens with zero attached hydrogens (tertiary/aromatic N) is 2. The summed E-state index contributed by atoms with van der Waals surface area (Å²) in [7, 11) is 1.38. The summed E-state index contributed by atoms with van der Waals surface area (Å²) in [5, 5.41) is 11.7. The van der Waals surface area contributed by atoms with Gasteiger partial charge in [-0.2, -0.15) is 0 Å². The molecular weight excluding hydrogens is 294 g/mol. The molecule has 7 heteroatoms. The van der Waals surface area contributed by atoms with Crippen LogP contribution in [0.5, 0.6) is 0 Å². The van der Waals surface area contributed by atoms with Crippen molar-refractivity contribution in [3.05, 3.63) is 29.8 Å². The standard InChI is InChI=1S/C13H15N3O2S2/c1-8-4-6-10(7-5-8)14-12-15-16-13(20-12)19-9(2)11(17)18-3/h4-7,9H,1-3H3,(H,14,15)/t9-/m0/s1. The average molecular weight is 309 g/mol. The van der Waals surface area contributed by atoms with E-state index in [0.29, 0.717) is 5.13 Å². The first-order chi connectivity index (χ1) is 9.58. The maximum absolute atomic E-state index is 11.3. The van der Waals surface area contributed by atoms with Crippen molar-refractivity contribution >= 4 is 39.9 Å². The van der Waals surface area contributed by atoms with Crippen molar-refractivity contribution in [2.45, 2.75) is 23.4 Å². The molecule has 0 radical (unpaired) electrons. The lowest BCUT2D eigenvalue weighted by atomic mass is 10.2. The van der Waals surface area contributed by atoms with E-state index in [9.17, 15) is 4.79 Å². The van der Waals surface area contributed by atoms with E-state index in [-0.39, 0.29) is 11.2 Å². The van der Waals surface area contributed by atoms with Crippen LogP contribution in [0.25, 0.3) is 0 Å². The number of thioether (sulfide) groups is 1. The van der Waals surface area contributed by atoms with Crippen LogP contribution in [0.3, 0.4) is 0 Å². The summed E-state index contributed by atoms with van der Waals surface area (Å²) in [5.74, 6) is -0.266. The number of benzene rings is 1. The smallest absolute Gasteiger partial charge is 0.318 e. The Morgan fingerprint density at radius 3 is 2.70 bits per heavy atom. The molecule has 1 heterocycles. The van der Waals surface area contributed by atoms with Gasteiger partial charge < -0.3 is 10.1 Å². The topological polar surface area (TPSA) is 64.1 Å². The predicted molar refractivity (Wildman–Crippen MR) is 81.7 cm³/mol. The molecule has 1 aromatic heterocycles. The zero-order valence-electron chi connectivity index (χ0n) is 11.4. The van der Waals surface area contributed by atoms with Gasteiger partial charge in [-0.3, -0.25) is 4.79 Å². The minimum atomic E-state index is -0.292. The number of hydrogen-bond acceptors (Lipinski definition) is 7. The fraction of sp³-hybridized carbons (Fsp3) is 0.308. The van der Waals surface area contributed by atoms with Crippen LogP contribution >= 0.6 is 23.1 Å². The molecule has 0 aliphatic rings. The van der Waals surface area contributed by atoms with Crippen LogP contribution in [0.15, 0.2) is 28.6 Å². The van der Waals surface area contributed by atoms with Gasteiger partial charge in [0.05, 0.1) is 7.11 Å². The quantitative estimate of drug-likeness (QED) is 0.675. The second-order valence-corrected chi connectivity index (χ2v) is 6.71. The number of methoxy groups -OCH3 is 1. The van der Waals surface area contributed by atoms with E-state index in [0.717, 1.165) is 10.0 Å². The maximum Gasteiger partial charge on any atom is 0.318 e. The molecule has 20 heavy (non-hydrogen) atoms. The molecule has 1 aromatic carbocycles. The minimum absolute atomic E-state index is 0.266. The average Bonchev–Trinajstić information content (AvgIpc) is 2.87. The van der Waals surface area contributed by atoms with E-state index < -0.39 is 0 Å². The molecule has 2 aromatic rings. The molecule has 0 bridgehead atoms. The molecule has 0 saturated carbocycles. The molecule has 0 saturated heterocycles. The van der Waals surface area contributed by atoms with E-state index in [2.05, 4.69) is 20.3 Å². The zero-order chi connectivity index (χ0) is 14.5. The SMILES string of the molecule is COC(=O)[C@H](C)Sc1nnc(Nc2ccc(C)cc2)s1. The Balaban J connectivity index is 1.98. The molecule has 0 fully saturated rings. The van der Waals surface area contributed by atoms with Gasteiger partial charge in [0.2, 0.25) is 5.13 Å². The molecule has 106 valence electrons. The Kier molecular flexibility index (Phi) is 4.97. The van der Waals surface area contributed by atoms with Gasteiger partial charge in [-0.1, -0.05) is 40.8 Å². The third kappa shape index (κ3) is 3.94. The second kappa shape index (κ2) is 6.71. The number of rotatable bonds is 5. The lowest BCUT2D eigenvalue weighted by Gasteiger charge is -2.04. The summed E-state index contributed by atoms with van der Waals surface area (Å²) in [5.41, 5.74) is 2.17. The lowest BCUT2D eigenvalue weighted by molar-refractivity contribution is -0.139. The Labute approximate surface area is 125 Å². The Morgan fingerprint density at radius 1 is 1.35 bits per heavy atom. The summed E-state index contributed by atoms with van der Waals surface area (Å²) in [6.45, 7) is 3.82.